The maximum Gasteiger partial charge on any atom is 0.321 e. The molecule has 2 rings (SSSR count). The van der Waals surface area contributed by atoms with E-state index in [1.165, 1.54) is 0 Å². The number of hydrogen-bond donors (Lipinski definition) is 2. The first-order valence-electron chi connectivity index (χ1n) is 8.15. The van der Waals surface area contributed by atoms with E-state index in [0.29, 0.717) is 30.2 Å². The first kappa shape index (κ1) is 18.3. The van der Waals surface area contributed by atoms with E-state index >= 15 is 0 Å². The van der Waals surface area contributed by atoms with Gasteiger partial charge in [0.1, 0.15) is 11.8 Å². The number of anilines is 1. The Morgan fingerprint density at radius 2 is 2.20 bits per heavy atom. The number of nitrogens with zero attached hydrogens (tertiary/aromatic N) is 3. The van der Waals surface area contributed by atoms with Crippen LogP contribution in [0, 0.1) is 25.2 Å². The maximum absolute atomic E-state index is 12.3. The van der Waals surface area contributed by atoms with Crippen molar-refractivity contribution < 1.29 is 9.53 Å². The van der Waals surface area contributed by atoms with Gasteiger partial charge in [0, 0.05) is 25.0 Å². The van der Waals surface area contributed by atoms with Crippen molar-refractivity contribution in [2.24, 2.45) is 0 Å². The molecule has 0 atom stereocenters. The van der Waals surface area contributed by atoms with Gasteiger partial charge in [0.2, 0.25) is 0 Å². The van der Waals surface area contributed by atoms with Crippen LogP contribution in [0.4, 0.5) is 10.5 Å². The van der Waals surface area contributed by atoms with Gasteiger partial charge in [0.25, 0.3) is 0 Å². The Kier molecular flexibility index (Phi) is 6.01. The van der Waals surface area contributed by atoms with Gasteiger partial charge >= 0.3 is 6.03 Å². The monoisotopic (exact) mass is 341 g/mol. The topological polar surface area (TPSA) is 94.0 Å². The van der Waals surface area contributed by atoms with Gasteiger partial charge in [0.15, 0.2) is 0 Å². The number of aromatic amines is 1. The van der Waals surface area contributed by atoms with Gasteiger partial charge in [0.05, 0.1) is 17.9 Å². The molecular formula is C18H23N5O2. The molecule has 1 heterocycles. The van der Waals surface area contributed by atoms with E-state index in [9.17, 15) is 10.1 Å². The second-order valence-corrected chi connectivity index (χ2v) is 5.77. The highest BCUT2D eigenvalue weighted by molar-refractivity contribution is 5.89. The maximum atomic E-state index is 12.3. The number of ether oxygens (including phenoxy) is 1. The van der Waals surface area contributed by atoms with E-state index in [2.05, 4.69) is 21.6 Å². The van der Waals surface area contributed by atoms with Gasteiger partial charge in [-0.05, 0) is 51.0 Å². The summed E-state index contributed by atoms with van der Waals surface area (Å²) in [6.07, 6.45) is 0.727. The van der Waals surface area contributed by atoms with Gasteiger partial charge < -0.3 is 15.0 Å². The van der Waals surface area contributed by atoms with Crippen LogP contribution in [0.3, 0.4) is 0 Å². The van der Waals surface area contributed by atoms with E-state index in [0.717, 1.165) is 23.4 Å². The van der Waals surface area contributed by atoms with Crippen LogP contribution in [0.2, 0.25) is 0 Å². The third-order valence-electron chi connectivity index (χ3n) is 3.98. The predicted octanol–water partition coefficient (Wildman–Crippen LogP) is 3.00. The fourth-order valence-electron chi connectivity index (χ4n) is 2.52. The smallest absolute Gasteiger partial charge is 0.321 e. The summed E-state index contributed by atoms with van der Waals surface area (Å²) in [5.41, 5.74) is 4.07. The van der Waals surface area contributed by atoms with E-state index in [1.54, 1.807) is 30.1 Å². The number of rotatable bonds is 6. The SMILES string of the molecule is CCOc1ccc(NC(=O)N(C)CCc2c(C)n[nH]c2C)cc1C#N. The molecule has 0 unspecified atom stereocenters. The molecule has 7 nitrogen and oxygen atoms in total. The van der Waals surface area contributed by atoms with Crippen LogP contribution in [0.5, 0.6) is 5.75 Å². The fraction of sp³-hybridized carbons (Fsp3) is 0.389. The Morgan fingerprint density at radius 3 is 2.80 bits per heavy atom. The zero-order valence-corrected chi connectivity index (χ0v) is 15.0. The lowest BCUT2D eigenvalue weighted by molar-refractivity contribution is 0.223. The van der Waals surface area contributed by atoms with Crippen LogP contribution in [-0.2, 0) is 6.42 Å². The Balaban J connectivity index is 1.98. The molecular weight excluding hydrogens is 318 g/mol. The summed E-state index contributed by atoms with van der Waals surface area (Å²) in [6.45, 7) is 6.82. The minimum absolute atomic E-state index is 0.230. The predicted molar refractivity (Wildman–Crippen MR) is 95.7 cm³/mol. The summed E-state index contributed by atoms with van der Waals surface area (Å²) in [5.74, 6) is 0.516. The number of likely N-dealkylation sites (N-methyl/N-ethyl adjacent to an activating group) is 1. The molecule has 0 spiro atoms. The number of urea groups is 1. The lowest BCUT2D eigenvalue weighted by Gasteiger charge is -2.18. The number of hydrogen-bond acceptors (Lipinski definition) is 4. The molecule has 0 aliphatic carbocycles. The first-order chi connectivity index (χ1) is 12.0. The highest BCUT2D eigenvalue weighted by Crippen LogP contribution is 2.22. The normalized spacial score (nSPS) is 10.2. The zero-order valence-electron chi connectivity index (χ0n) is 15.0. The molecule has 2 N–H and O–H groups in total. The van der Waals surface area contributed by atoms with Crippen LogP contribution in [0.15, 0.2) is 18.2 Å². The molecule has 7 heteroatoms. The van der Waals surface area contributed by atoms with Gasteiger partial charge in [-0.25, -0.2) is 4.79 Å². The Hall–Kier alpha value is -3.01. The van der Waals surface area contributed by atoms with Crippen molar-refractivity contribution >= 4 is 11.7 Å². The van der Waals surface area contributed by atoms with Crippen LogP contribution in [-0.4, -0.2) is 41.3 Å². The summed E-state index contributed by atoms with van der Waals surface area (Å²) >= 11 is 0. The van der Waals surface area contributed by atoms with Crippen molar-refractivity contribution in [3.63, 3.8) is 0 Å². The zero-order chi connectivity index (χ0) is 18.4. The van der Waals surface area contributed by atoms with Crippen molar-refractivity contribution in [2.45, 2.75) is 27.2 Å². The van der Waals surface area contributed by atoms with Crippen LogP contribution < -0.4 is 10.1 Å². The van der Waals surface area contributed by atoms with E-state index in [-0.39, 0.29) is 6.03 Å². The molecule has 2 amide bonds. The van der Waals surface area contributed by atoms with Crippen molar-refractivity contribution in [1.82, 2.24) is 15.1 Å². The third-order valence-corrected chi connectivity index (χ3v) is 3.98. The van der Waals surface area contributed by atoms with Crippen molar-refractivity contribution in [1.29, 1.82) is 5.26 Å². The van der Waals surface area contributed by atoms with Gasteiger partial charge in [-0.1, -0.05) is 0 Å². The van der Waals surface area contributed by atoms with Crippen molar-refractivity contribution in [3.05, 3.63) is 40.7 Å². The Labute approximate surface area is 147 Å². The number of nitrogens with one attached hydrogen (secondary N) is 2. The highest BCUT2D eigenvalue weighted by Gasteiger charge is 2.13. The molecule has 25 heavy (non-hydrogen) atoms. The lowest BCUT2D eigenvalue weighted by Crippen LogP contribution is -2.33. The molecule has 0 saturated carbocycles. The Morgan fingerprint density at radius 1 is 1.44 bits per heavy atom. The molecule has 132 valence electrons. The average molecular weight is 341 g/mol. The first-order valence-corrected chi connectivity index (χ1v) is 8.15. The number of carbonyl (C=O) groups excluding carboxylic acids is 1. The van der Waals surface area contributed by atoms with Gasteiger partial charge in [-0.3, -0.25) is 5.10 Å². The molecule has 0 aliphatic heterocycles. The van der Waals surface area contributed by atoms with E-state index in [4.69, 9.17) is 4.74 Å². The molecule has 0 fully saturated rings. The minimum atomic E-state index is -0.230. The number of H-pyrrole nitrogens is 1. The second-order valence-electron chi connectivity index (χ2n) is 5.77. The van der Waals surface area contributed by atoms with Crippen LogP contribution in [0.1, 0.15) is 29.4 Å². The number of amides is 2. The lowest BCUT2D eigenvalue weighted by atomic mass is 10.1. The summed E-state index contributed by atoms with van der Waals surface area (Å²) in [4.78, 5) is 13.9. The summed E-state index contributed by atoms with van der Waals surface area (Å²) in [5, 5.41) is 19.1. The number of benzene rings is 1. The third kappa shape index (κ3) is 4.51. The second kappa shape index (κ2) is 8.20. The van der Waals surface area contributed by atoms with Crippen molar-refractivity contribution in [3.8, 4) is 11.8 Å². The summed E-state index contributed by atoms with van der Waals surface area (Å²) in [6, 6.07) is 6.88. The van der Waals surface area contributed by atoms with Gasteiger partial charge in [-0.2, -0.15) is 10.4 Å². The molecule has 0 saturated heterocycles. The number of nitriles is 1. The molecule has 2 aromatic rings. The molecule has 0 radical (unpaired) electrons. The fourth-order valence-corrected chi connectivity index (χ4v) is 2.52. The molecule has 0 bridgehead atoms. The number of aryl methyl sites for hydroxylation is 2. The number of carbonyl (C=O) groups is 1. The summed E-state index contributed by atoms with van der Waals surface area (Å²) in [7, 11) is 1.74. The standard InChI is InChI=1S/C18H23N5O2/c1-5-25-17-7-6-15(10-14(17)11-19)20-18(24)23(4)9-8-16-12(2)21-22-13(16)3/h6-7,10H,5,8-9H2,1-4H3,(H,20,24)(H,21,22). The summed E-state index contributed by atoms with van der Waals surface area (Å²) < 4.78 is 5.38. The van der Waals surface area contributed by atoms with Crippen molar-refractivity contribution in [2.75, 3.05) is 25.5 Å². The average Bonchev–Trinajstić information content (AvgIpc) is 2.92. The quantitative estimate of drug-likeness (QED) is 0.844. The van der Waals surface area contributed by atoms with E-state index in [1.807, 2.05) is 20.8 Å². The largest absolute Gasteiger partial charge is 0.492 e. The number of aromatic nitrogens is 2. The Bertz CT molecular complexity index is 772. The molecule has 1 aromatic carbocycles. The molecule has 0 aliphatic rings. The van der Waals surface area contributed by atoms with E-state index < -0.39 is 0 Å². The minimum Gasteiger partial charge on any atom is -0.492 e. The molecule has 1 aromatic heterocycles. The van der Waals surface area contributed by atoms with Crippen LogP contribution in [0.25, 0.3) is 0 Å². The highest BCUT2D eigenvalue weighted by atomic mass is 16.5. The van der Waals surface area contributed by atoms with Crippen LogP contribution >= 0.6 is 0 Å². The van der Waals surface area contributed by atoms with Gasteiger partial charge in [-0.15, -0.1) is 0 Å².